The first-order valence-corrected chi connectivity index (χ1v) is 9.47. The smallest absolute Gasteiger partial charge is 0.227 e. The molecule has 3 N–H and O–H groups in total. The second-order valence-corrected chi connectivity index (χ2v) is 6.86. The standard InChI is InChI=1S/C20H31N3O2/c1-2-3-5-16-7-9-17(10-8-16)14-19(24)23-13-4-6-18(15-23)20(25)22-12-11-21/h7-10,18H,2-6,11-15,21H2,1H3,(H,22,25). The molecule has 1 aromatic carbocycles. The van der Waals surface area contributed by atoms with Gasteiger partial charge < -0.3 is 16.0 Å². The van der Waals surface area contributed by atoms with E-state index in [0.29, 0.717) is 26.1 Å². The molecule has 0 saturated carbocycles. The van der Waals surface area contributed by atoms with Crippen molar-refractivity contribution in [3.05, 3.63) is 35.4 Å². The van der Waals surface area contributed by atoms with Crippen LogP contribution in [0.2, 0.25) is 0 Å². The molecule has 5 nitrogen and oxygen atoms in total. The Morgan fingerprint density at radius 2 is 1.96 bits per heavy atom. The van der Waals surface area contributed by atoms with Crippen LogP contribution in [-0.4, -0.2) is 42.9 Å². The van der Waals surface area contributed by atoms with Gasteiger partial charge in [0.2, 0.25) is 11.8 Å². The van der Waals surface area contributed by atoms with E-state index < -0.39 is 0 Å². The lowest BCUT2D eigenvalue weighted by molar-refractivity contribution is -0.135. The average molecular weight is 345 g/mol. The van der Waals surface area contributed by atoms with Gasteiger partial charge in [0.15, 0.2) is 0 Å². The highest BCUT2D eigenvalue weighted by Gasteiger charge is 2.28. The van der Waals surface area contributed by atoms with E-state index in [1.54, 1.807) is 0 Å². The zero-order chi connectivity index (χ0) is 18.1. The monoisotopic (exact) mass is 345 g/mol. The topological polar surface area (TPSA) is 75.4 Å². The normalized spacial score (nSPS) is 17.4. The Balaban J connectivity index is 1.86. The molecule has 2 rings (SSSR count). The molecule has 25 heavy (non-hydrogen) atoms. The van der Waals surface area contributed by atoms with Gasteiger partial charge in [-0.2, -0.15) is 0 Å². The quantitative estimate of drug-likeness (QED) is 0.755. The highest BCUT2D eigenvalue weighted by atomic mass is 16.2. The minimum Gasteiger partial charge on any atom is -0.355 e. The molecule has 5 heteroatoms. The molecule has 1 aliphatic rings. The lowest BCUT2D eigenvalue weighted by Gasteiger charge is -2.32. The van der Waals surface area contributed by atoms with Crippen molar-refractivity contribution in [3.8, 4) is 0 Å². The van der Waals surface area contributed by atoms with Crippen molar-refractivity contribution in [2.45, 2.75) is 45.4 Å². The van der Waals surface area contributed by atoms with Gasteiger partial charge in [0.1, 0.15) is 0 Å². The Bertz CT molecular complexity index is 557. The number of hydrogen-bond acceptors (Lipinski definition) is 3. The number of likely N-dealkylation sites (tertiary alicyclic amines) is 1. The van der Waals surface area contributed by atoms with E-state index in [-0.39, 0.29) is 17.7 Å². The third-order valence-electron chi connectivity index (χ3n) is 4.79. The summed E-state index contributed by atoms with van der Waals surface area (Å²) in [6, 6.07) is 8.35. The van der Waals surface area contributed by atoms with Crippen molar-refractivity contribution in [2.24, 2.45) is 11.7 Å². The van der Waals surface area contributed by atoms with E-state index in [1.807, 2.05) is 4.90 Å². The van der Waals surface area contributed by atoms with Crippen LogP contribution in [0.3, 0.4) is 0 Å². The van der Waals surface area contributed by atoms with Gasteiger partial charge in [0, 0.05) is 26.2 Å². The van der Waals surface area contributed by atoms with E-state index >= 15 is 0 Å². The third-order valence-corrected chi connectivity index (χ3v) is 4.79. The van der Waals surface area contributed by atoms with Crippen LogP contribution < -0.4 is 11.1 Å². The van der Waals surface area contributed by atoms with Crippen LogP contribution in [0.5, 0.6) is 0 Å². The number of carbonyl (C=O) groups excluding carboxylic acids is 2. The van der Waals surface area contributed by atoms with Crippen LogP contribution in [0.15, 0.2) is 24.3 Å². The van der Waals surface area contributed by atoms with E-state index in [1.165, 1.54) is 18.4 Å². The zero-order valence-corrected chi connectivity index (χ0v) is 15.3. The van der Waals surface area contributed by atoms with Gasteiger partial charge in [-0.25, -0.2) is 0 Å². The van der Waals surface area contributed by atoms with Crippen molar-refractivity contribution >= 4 is 11.8 Å². The lowest BCUT2D eigenvalue weighted by Crippen LogP contribution is -2.46. The van der Waals surface area contributed by atoms with E-state index in [0.717, 1.165) is 31.4 Å². The number of amides is 2. The van der Waals surface area contributed by atoms with Crippen molar-refractivity contribution in [3.63, 3.8) is 0 Å². The Morgan fingerprint density at radius 1 is 1.24 bits per heavy atom. The molecule has 1 unspecified atom stereocenters. The Morgan fingerprint density at radius 3 is 2.64 bits per heavy atom. The van der Waals surface area contributed by atoms with Gasteiger partial charge in [-0.15, -0.1) is 0 Å². The summed E-state index contributed by atoms with van der Waals surface area (Å²) >= 11 is 0. The molecule has 0 bridgehead atoms. The number of rotatable bonds is 8. The Hall–Kier alpha value is -1.88. The van der Waals surface area contributed by atoms with Gasteiger partial charge in [-0.1, -0.05) is 37.6 Å². The number of nitrogens with zero attached hydrogens (tertiary/aromatic N) is 1. The van der Waals surface area contributed by atoms with Crippen molar-refractivity contribution in [2.75, 3.05) is 26.2 Å². The molecule has 2 amide bonds. The SMILES string of the molecule is CCCCc1ccc(CC(=O)N2CCCC(C(=O)NCCN)C2)cc1. The molecule has 1 heterocycles. The molecule has 1 aliphatic heterocycles. The molecule has 0 aliphatic carbocycles. The second kappa shape index (κ2) is 10.2. The minimum absolute atomic E-state index is 0.0169. The number of benzene rings is 1. The number of piperidine rings is 1. The van der Waals surface area contributed by atoms with Gasteiger partial charge in [-0.3, -0.25) is 9.59 Å². The second-order valence-electron chi connectivity index (χ2n) is 6.86. The van der Waals surface area contributed by atoms with Crippen molar-refractivity contribution in [1.29, 1.82) is 0 Å². The van der Waals surface area contributed by atoms with Crippen LogP contribution in [0.1, 0.15) is 43.7 Å². The number of unbranched alkanes of at least 4 members (excludes halogenated alkanes) is 1. The van der Waals surface area contributed by atoms with Crippen LogP contribution in [0, 0.1) is 5.92 Å². The maximum Gasteiger partial charge on any atom is 0.227 e. The Labute approximate surface area is 151 Å². The molecular weight excluding hydrogens is 314 g/mol. The average Bonchev–Trinajstić information content (AvgIpc) is 2.65. The molecule has 1 saturated heterocycles. The number of nitrogens with one attached hydrogen (secondary N) is 1. The number of hydrogen-bond donors (Lipinski definition) is 2. The van der Waals surface area contributed by atoms with Crippen LogP contribution in [-0.2, 0) is 22.4 Å². The molecule has 1 fully saturated rings. The van der Waals surface area contributed by atoms with Gasteiger partial charge in [-0.05, 0) is 36.8 Å². The van der Waals surface area contributed by atoms with Crippen LogP contribution >= 0.6 is 0 Å². The summed E-state index contributed by atoms with van der Waals surface area (Å²) < 4.78 is 0. The fourth-order valence-electron chi connectivity index (χ4n) is 3.25. The van der Waals surface area contributed by atoms with Crippen LogP contribution in [0.25, 0.3) is 0 Å². The predicted octanol–water partition coefficient (Wildman–Crippen LogP) is 1.89. The zero-order valence-electron chi connectivity index (χ0n) is 15.3. The largest absolute Gasteiger partial charge is 0.355 e. The summed E-state index contributed by atoms with van der Waals surface area (Å²) in [5.41, 5.74) is 7.79. The summed E-state index contributed by atoms with van der Waals surface area (Å²) in [5, 5.41) is 2.83. The van der Waals surface area contributed by atoms with E-state index in [4.69, 9.17) is 5.73 Å². The maximum absolute atomic E-state index is 12.6. The highest BCUT2D eigenvalue weighted by molar-refractivity contribution is 5.82. The predicted molar refractivity (Wildman–Crippen MR) is 100 cm³/mol. The molecule has 0 radical (unpaired) electrons. The van der Waals surface area contributed by atoms with Crippen molar-refractivity contribution < 1.29 is 9.59 Å². The molecule has 0 spiro atoms. The third kappa shape index (κ3) is 6.16. The minimum atomic E-state index is -0.110. The van der Waals surface area contributed by atoms with E-state index in [9.17, 15) is 9.59 Å². The summed E-state index contributed by atoms with van der Waals surface area (Å²) in [4.78, 5) is 26.5. The lowest BCUT2D eigenvalue weighted by atomic mass is 9.96. The molecule has 1 atom stereocenters. The summed E-state index contributed by atoms with van der Waals surface area (Å²) in [5.74, 6) is 0.0153. The molecule has 1 aromatic rings. The molecular formula is C20H31N3O2. The number of nitrogens with two attached hydrogens (primary N) is 1. The summed E-state index contributed by atoms with van der Waals surface area (Å²) in [6.45, 7) is 4.39. The van der Waals surface area contributed by atoms with Crippen molar-refractivity contribution in [1.82, 2.24) is 10.2 Å². The summed E-state index contributed by atoms with van der Waals surface area (Å²) in [7, 11) is 0. The Kier molecular flexibility index (Phi) is 7.92. The van der Waals surface area contributed by atoms with Crippen LogP contribution in [0.4, 0.5) is 0 Å². The first-order chi connectivity index (χ1) is 12.1. The van der Waals surface area contributed by atoms with Gasteiger partial charge >= 0.3 is 0 Å². The maximum atomic E-state index is 12.6. The van der Waals surface area contributed by atoms with Gasteiger partial charge in [0.05, 0.1) is 12.3 Å². The number of carbonyl (C=O) groups is 2. The fraction of sp³-hybridized carbons (Fsp3) is 0.600. The summed E-state index contributed by atoms with van der Waals surface area (Å²) in [6.07, 6.45) is 5.60. The molecule has 0 aromatic heterocycles. The number of aryl methyl sites for hydroxylation is 1. The first-order valence-electron chi connectivity index (χ1n) is 9.47. The van der Waals surface area contributed by atoms with Gasteiger partial charge in [0.25, 0.3) is 0 Å². The van der Waals surface area contributed by atoms with E-state index in [2.05, 4.69) is 36.5 Å². The first kappa shape index (κ1) is 19.4. The fourth-order valence-corrected chi connectivity index (χ4v) is 3.25. The highest BCUT2D eigenvalue weighted by Crippen LogP contribution is 2.18. The molecule has 138 valence electrons.